The van der Waals surface area contributed by atoms with Gasteiger partial charge in [0, 0.05) is 24.8 Å². The summed E-state index contributed by atoms with van der Waals surface area (Å²) in [6, 6.07) is 2.04. The van der Waals surface area contributed by atoms with E-state index in [1.165, 1.54) is 6.92 Å². The molecule has 0 saturated carbocycles. The fourth-order valence-electron chi connectivity index (χ4n) is 2.11. The molecule has 1 saturated heterocycles. The third-order valence-electron chi connectivity index (χ3n) is 3.26. The Labute approximate surface area is 109 Å². The molecule has 0 aliphatic carbocycles. The van der Waals surface area contributed by atoms with E-state index in [4.69, 9.17) is 9.84 Å². The number of morpholine rings is 1. The fourth-order valence-corrected chi connectivity index (χ4v) is 2.11. The van der Waals surface area contributed by atoms with E-state index in [2.05, 4.69) is 0 Å². The average molecular weight is 271 g/mol. The zero-order chi connectivity index (χ0) is 14.0. The summed E-state index contributed by atoms with van der Waals surface area (Å²) >= 11 is 0. The van der Waals surface area contributed by atoms with E-state index in [0.29, 0.717) is 32.0 Å². The molecule has 1 N–H and O–H groups in total. The van der Waals surface area contributed by atoms with Gasteiger partial charge in [-0.25, -0.2) is 8.78 Å². The molecule has 1 atom stereocenters. The van der Waals surface area contributed by atoms with Gasteiger partial charge in [0.15, 0.2) is 11.6 Å². The van der Waals surface area contributed by atoms with Gasteiger partial charge in [-0.05, 0) is 18.6 Å². The van der Waals surface area contributed by atoms with Crippen molar-refractivity contribution in [3.8, 4) is 0 Å². The second-order valence-electron chi connectivity index (χ2n) is 4.48. The molecule has 2 rings (SSSR count). The topological polar surface area (TPSA) is 49.8 Å². The maximum Gasteiger partial charge on any atom is 0.310 e. The van der Waals surface area contributed by atoms with E-state index in [-0.39, 0.29) is 5.56 Å². The normalized spacial score (nSPS) is 17.3. The van der Waals surface area contributed by atoms with Crippen molar-refractivity contribution in [2.45, 2.75) is 12.8 Å². The number of aliphatic carboxylic acids is 1. The minimum Gasteiger partial charge on any atom is -0.481 e. The van der Waals surface area contributed by atoms with Crippen LogP contribution in [0.3, 0.4) is 0 Å². The molecule has 6 heteroatoms. The molecule has 1 aromatic rings. The first kappa shape index (κ1) is 13.7. The molecule has 1 aromatic carbocycles. The number of carbonyl (C=O) groups is 1. The highest BCUT2D eigenvalue weighted by Gasteiger charge is 2.24. The molecule has 104 valence electrons. The van der Waals surface area contributed by atoms with Crippen LogP contribution in [0.15, 0.2) is 12.1 Å². The number of rotatable bonds is 3. The molecule has 1 aliphatic rings. The maximum atomic E-state index is 13.4. The summed E-state index contributed by atoms with van der Waals surface area (Å²) in [5.41, 5.74) is 0.713. The number of carboxylic acid groups (broad SMARTS) is 1. The second kappa shape index (κ2) is 5.52. The number of nitrogens with zero attached hydrogens (tertiary/aromatic N) is 1. The quantitative estimate of drug-likeness (QED) is 0.913. The Bertz CT molecular complexity index is 487. The van der Waals surface area contributed by atoms with Crippen molar-refractivity contribution in [3.63, 3.8) is 0 Å². The number of ether oxygens (including phenoxy) is 1. The number of benzene rings is 1. The maximum absolute atomic E-state index is 13.4. The molecule has 1 heterocycles. The lowest BCUT2D eigenvalue weighted by atomic mass is 9.98. The Morgan fingerprint density at radius 1 is 1.32 bits per heavy atom. The summed E-state index contributed by atoms with van der Waals surface area (Å²) in [6.07, 6.45) is 0. The molecule has 0 spiro atoms. The molecule has 0 bridgehead atoms. The number of anilines is 1. The first-order chi connectivity index (χ1) is 9.00. The van der Waals surface area contributed by atoms with E-state index in [0.717, 1.165) is 12.1 Å². The summed E-state index contributed by atoms with van der Waals surface area (Å²) in [4.78, 5) is 12.9. The lowest BCUT2D eigenvalue weighted by Gasteiger charge is -2.31. The Hall–Kier alpha value is -1.69. The summed E-state index contributed by atoms with van der Waals surface area (Å²) < 4.78 is 31.9. The van der Waals surface area contributed by atoms with Crippen LogP contribution in [-0.2, 0) is 9.53 Å². The molecule has 0 amide bonds. The zero-order valence-electron chi connectivity index (χ0n) is 10.5. The predicted octanol–water partition coefficient (Wildman–Crippen LogP) is 1.99. The summed E-state index contributed by atoms with van der Waals surface area (Å²) in [5.74, 6) is -3.96. The molecule has 1 unspecified atom stereocenters. The fraction of sp³-hybridized carbons (Fsp3) is 0.462. The Morgan fingerprint density at radius 3 is 2.47 bits per heavy atom. The van der Waals surface area contributed by atoms with E-state index in [9.17, 15) is 13.6 Å². The van der Waals surface area contributed by atoms with Crippen molar-refractivity contribution >= 4 is 11.7 Å². The SMILES string of the molecule is CC(C(=O)O)c1cc(F)c(F)cc1N1CCOCC1. The van der Waals surface area contributed by atoms with E-state index in [1.807, 2.05) is 4.90 Å². The Morgan fingerprint density at radius 2 is 1.89 bits per heavy atom. The lowest BCUT2D eigenvalue weighted by Crippen LogP contribution is -2.37. The molecule has 1 aliphatic heterocycles. The molecule has 4 nitrogen and oxygen atoms in total. The van der Waals surface area contributed by atoms with Crippen LogP contribution in [0, 0.1) is 11.6 Å². The number of hydrogen-bond acceptors (Lipinski definition) is 3. The Kier molecular flexibility index (Phi) is 3.99. The van der Waals surface area contributed by atoms with Crippen molar-refractivity contribution < 1.29 is 23.4 Å². The largest absolute Gasteiger partial charge is 0.481 e. The molecular weight excluding hydrogens is 256 g/mol. The summed E-state index contributed by atoms with van der Waals surface area (Å²) in [6.45, 7) is 3.49. The van der Waals surface area contributed by atoms with Gasteiger partial charge in [0.1, 0.15) is 0 Å². The van der Waals surface area contributed by atoms with Gasteiger partial charge in [-0.2, -0.15) is 0 Å². The second-order valence-corrected chi connectivity index (χ2v) is 4.48. The van der Waals surface area contributed by atoms with Gasteiger partial charge < -0.3 is 14.7 Å². The minimum atomic E-state index is -1.07. The van der Waals surface area contributed by atoms with Crippen molar-refractivity contribution in [3.05, 3.63) is 29.3 Å². The van der Waals surface area contributed by atoms with Crippen molar-refractivity contribution in [2.75, 3.05) is 31.2 Å². The van der Waals surface area contributed by atoms with Crippen LogP contribution in [-0.4, -0.2) is 37.4 Å². The predicted molar refractivity (Wildman–Crippen MR) is 65.4 cm³/mol. The van der Waals surface area contributed by atoms with Crippen LogP contribution in [0.1, 0.15) is 18.4 Å². The Balaban J connectivity index is 2.44. The standard InChI is InChI=1S/C13H15F2NO3/c1-8(13(17)18)9-6-10(14)11(15)7-12(9)16-2-4-19-5-3-16/h6-8H,2-5H2,1H3,(H,17,18). The molecular formula is C13H15F2NO3. The zero-order valence-corrected chi connectivity index (χ0v) is 10.5. The first-order valence-electron chi connectivity index (χ1n) is 6.05. The minimum absolute atomic E-state index is 0.285. The van der Waals surface area contributed by atoms with Crippen LogP contribution >= 0.6 is 0 Å². The first-order valence-corrected chi connectivity index (χ1v) is 6.05. The van der Waals surface area contributed by atoms with Crippen molar-refractivity contribution in [1.82, 2.24) is 0 Å². The summed E-state index contributed by atoms with van der Waals surface area (Å²) in [7, 11) is 0. The van der Waals surface area contributed by atoms with Gasteiger partial charge >= 0.3 is 5.97 Å². The van der Waals surface area contributed by atoms with Gasteiger partial charge in [0.2, 0.25) is 0 Å². The van der Waals surface area contributed by atoms with E-state index < -0.39 is 23.5 Å². The highest BCUT2D eigenvalue weighted by atomic mass is 19.2. The van der Waals surface area contributed by atoms with Gasteiger partial charge in [-0.3, -0.25) is 4.79 Å². The van der Waals surface area contributed by atoms with Crippen LogP contribution < -0.4 is 4.90 Å². The molecule has 19 heavy (non-hydrogen) atoms. The smallest absolute Gasteiger partial charge is 0.310 e. The van der Waals surface area contributed by atoms with Crippen LogP contribution in [0.2, 0.25) is 0 Å². The molecule has 1 fully saturated rings. The average Bonchev–Trinajstić information content (AvgIpc) is 2.41. The molecule has 0 aromatic heterocycles. The van der Waals surface area contributed by atoms with Crippen molar-refractivity contribution in [1.29, 1.82) is 0 Å². The third kappa shape index (κ3) is 2.84. The van der Waals surface area contributed by atoms with Crippen LogP contribution in [0.25, 0.3) is 0 Å². The highest BCUT2D eigenvalue weighted by Crippen LogP contribution is 2.31. The monoisotopic (exact) mass is 271 g/mol. The number of hydrogen-bond donors (Lipinski definition) is 1. The third-order valence-corrected chi connectivity index (χ3v) is 3.26. The van der Waals surface area contributed by atoms with Crippen LogP contribution in [0.5, 0.6) is 0 Å². The number of carboxylic acids is 1. The van der Waals surface area contributed by atoms with Gasteiger partial charge in [-0.1, -0.05) is 0 Å². The van der Waals surface area contributed by atoms with Crippen LogP contribution in [0.4, 0.5) is 14.5 Å². The van der Waals surface area contributed by atoms with Gasteiger partial charge in [-0.15, -0.1) is 0 Å². The number of halogens is 2. The molecule has 0 radical (unpaired) electrons. The van der Waals surface area contributed by atoms with Gasteiger partial charge in [0.25, 0.3) is 0 Å². The van der Waals surface area contributed by atoms with E-state index >= 15 is 0 Å². The van der Waals surface area contributed by atoms with E-state index in [1.54, 1.807) is 0 Å². The van der Waals surface area contributed by atoms with Gasteiger partial charge in [0.05, 0.1) is 19.1 Å². The van der Waals surface area contributed by atoms with Crippen molar-refractivity contribution in [2.24, 2.45) is 0 Å². The highest BCUT2D eigenvalue weighted by molar-refractivity contribution is 5.78. The lowest BCUT2D eigenvalue weighted by molar-refractivity contribution is -0.138. The summed E-state index contributed by atoms with van der Waals surface area (Å²) in [5, 5.41) is 9.06.